The second-order valence-corrected chi connectivity index (χ2v) is 6.80. The van der Waals surface area contributed by atoms with Crippen molar-refractivity contribution in [2.24, 2.45) is 0 Å². The van der Waals surface area contributed by atoms with Crippen molar-refractivity contribution in [2.75, 3.05) is 64.8 Å². The van der Waals surface area contributed by atoms with Crippen LogP contribution in [0.25, 0.3) is 0 Å². The van der Waals surface area contributed by atoms with E-state index >= 15 is 0 Å². The molecule has 1 N–H and O–H groups in total. The summed E-state index contributed by atoms with van der Waals surface area (Å²) in [6, 6.07) is 9.74. The maximum absolute atomic E-state index is 3.46. The molecule has 4 nitrogen and oxygen atoms in total. The first kappa shape index (κ1) is 15.8. The van der Waals surface area contributed by atoms with Crippen molar-refractivity contribution >= 4 is 5.69 Å². The van der Waals surface area contributed by atoms with Crippen molar-refractivity contribution in [2.45, 2.75) is 18.9 Å². The molecule has 0 spiro atoms. The van der Waals surface area contributed by atoms with E-state index in [9.17, 15) is 0 Å². The van der Waals surface area contributed by atoms with E-state index in [-0.39, 0.29) is 0 Å². The van der Waals surface area contributed by atoms with E-state index in [1.54, 1.807) is 0 Å². The second kappa shape index (κ2) is 7.44. The Morgan fingerprint density at radius 1 is 1.00 bits per heavy atom. The van der Waals surface area contributed by atoms with E-state index in [0.717, 1.165) is 13.1 Å². The van der Waals surface area contributed by atoms with Crippen LogP contribution < -0.4 is 10.2 Å². The van der Waals surface area contributed by atoms with Gasteiger partial charge in [0.25, 0.3) is 0 Å². The predicted molar refractivity (Wildman–Crippen MR) is 93.6 cm³/mol. The first-order chi connectivity index (χ1) is 10.7. The zero-order chi connectivity index (χ0) is 15.4. The summed E-state index contributed by atoms with van der Waals surface area (Å²) in [6.45, 7) is 8.31. The highest BCUT2D eigenvalue weighted by Gasteiger charge is 2.26. The van der Waals surface area contributed by atoms with Crippen LogP contribution in [0.4, 0.5) is 5.69 Å². The lowest BCUT2D eigenvalue weighted by Crippen LogP contribution is -2.47. The molecular formula is C18H30N4. The van der Waals surface area contributed by atoms with Gasteiger partial charge in [-0.2, -0.15) is 0 Å². The molecule has 1 aromatic rings. The van der Waals surface area contributed by atoms with Crippen LogP contribution >= 0.6 is 0 Å². The fourth-order valence-electron chi connectivity index (χ4n) is 3.62. The topological polar surface area (TPSA) is 21.8 Å². The van der Waals surface area contributed by atoms with E-state index in [4.69, 9.17) is 0 Å². The number of piperazine rings is 1. The van der Waals surface area contributed by atoms with Gasteiger partial charge in [0, 0.05) is 58.5 Å². The molecule has 0 aliphatic carbocycles. The van der Waals surface area contributed by atoms with E-state index < -0.39 is 0 Å². The molecule has 0 amide bonds. The summed E-state index contributed by atoms with van der Waals surface area (Å²) in [7, 11) is 4.21. The molecule has 2 aliphatic heterocycles. The lowest BCUT2D eigenvalue weighted by atomic mass is 10.0. The van der Waals surface area contributed by atoms with Crippen LogP contribution in [-0.2, 0) is 0 Å². The third-order valence-electron chi connectivity index (χ3n) is 5.02. The fourth-order valence-corrected chi connectivity index (χ4v) is 3.62. The van der Waals surface area contributed by atoms with Gasteiger partial charge in [0.2, 0.25) is 0 Å². The van der Waals surface area contributed by atoms with Gasteiger partial charge in [-0.3, -0.25) is 9.80 Å². The summed E-state index contributed by atoms with van der Waals surface area (Å²) >= 11 is 0. The molecule has 2 fully saturated rings. The van der Waals surface area contributed by atoms with Gasteiger partial charge in [0.1, 0.15) is 0 Å². The van der Waals surface area contributed by atoms with E-state index in [1.165, 1.54) is 56.8 Å². The Labute approximate surface area is 135 Å². The molecule has 0 aromatic heterocycles. The number of likely N-dealkylation sites (tertiary alicyclic amines) is 1. The maximum Gasteiger partial charge on any atom is 0.0475 e. The second-order valence-electron chi connectivity index (χ2n) is 6.80. The van der Waals surface area contributed by atoms with Crippen molar-refractivity contribution in [1.29, 1.82) is 0 Å². The third-order valence-corrected chi connectivity index (χ3v) is 5.02. The highest BCUT2D eigenvalue weighted by atomic mass is 15.2. The highest BCUT2D eigenvalue weighted by molar-refractivity contribution is 5.46. The van der Waals surface area contributed by atoms with E-state index in [1.807, 2.05) is 0 Å². The zero-order valence-electron chi connectivity index (χ0n) is 14.1. The predicted octanol–water partition coefficient (Wildman–Crippen LogP) is 1.79. The lowest BCUT2D eigenvalue weighted by molar-refractivity contribution is 0.150. The van der Waals surface area contributed by atoms with E-state index in [0.29, 0.717) is 6.04 Å². The van der Waals surface area contributed by atoms with Gasteiger partial charge in [-0.1, -0.05) is 12.1 Å². The van der Waals surface area contributed by atoms with Crippen molar-refractivity contribution < 1.29 is 0 Å². The third kappa shape index (κ3) is 3.80. The van der Waals surface area contributed by atoms with Crippen molar-refractivity contribution in [1.82, 2.24) is 15.1 Å². The Kier molecular flexibility index (Phi) is 5.34. The molecule has 3 rings (SSSR count). The molecule has 2 aliphatic rings. The Balaban J connectivity index is 1.74. The molecule has 0 radical (unpaired) electrons. The highest BCUT2D eigenvalue weighted by Crippen LogP contribution is 2.27. The number of nitrogens with zero attached hydrogens (tertiary/aromatic N) is 3. The molecular weight excluding hydrogens is 272 g/mol. The summed E-state index contributed by atoms with van der Waals surface area (Å²) < 4.78 is 0. The van der Waals surface area contributed by atoms with Crippen LogP contribution in [0, 0.1) is 0 Å². The van der Waals surface area contributed by atoms with Gasteiger partial charge >= 0.3 is 0 Å². The van der Waals surface area contributed by atoms with Gasteiger partial charge < -0.3 is 10.2 Å². The number of benzene rings is 1. The van der Waals surface area contributed by atoms with Crippen molar-refractivity contribution in [3.05, 3.63) is 29.8 Å². The first-order valence-electron chi connectivity index (χ1n) is 8.68. The average molecular weight is 302 g/mol. The van der Waals surface area contributed by atoms with Crippen LogP contribution in [0.15, 0.2) is 24.3 Å². The Hall–Kier alpha value is -1.10. The van der Waals surface area contributed by atoms with Gasteiger partial charge in [-0.05, 0) is 43.6 Å². The Bertz CT molecular complexity index is 445. The zero-order valence-corrected chi connectivity index (χ0v) is 14.1. The quantitative estimate of drug-likeness (QED) is 0.895. The smallest absolute Gasteiger partial charge is 0.0475 e. The molecule has 1 aromatic carbocycles. The normalized spacial score (nSPS) is 21.9. The molecule has 1 atom stereocenters. The number of hydrogen-bond donors (Lipinski definition) is 1. The van der Waals surface area contributed by atoms with Crippen LogP contribution in [0.2, 0.25) is 0 Å². The number of nitrogens with one attached hydrogen (secondary N) is 1. The van der Waals surface area contributed by atoms with Crippen molar-refractivity contribution in [3.63, 3.8) is 0 Å². The number of anilines is 1. The van der Waals surface area contributed by atoms with E-state index in [2.05, 4.69) is 58.4 Å². The summed E-state index contributed by atoms with van der Waals surface area (Å²) in [5.41, 5.74) is 2.76. The molecule has 122 valence electrons. The minimum Gasteiger partial charge on any atom is -0.378 e. The van der Waals surface area contributed by atoms with Gasteiger partial charge in [0.05, 0.1) is 0 Å². The van der Waals surface area contributed by atoms with Gasteiger partial charge in [-0.25, -0.2) is 0 Å². The van der Waals surface area contributed by atoms with Crippen LogP contribution in [0.1, 0.15) is 24.4 Å². The Morgan fingerprint density at radius 3 is 2.23 bits per heavy atom. The molecule has 22 heavy (non-hydrogen) atoms. The summed E-state index contributed by atoms with van der Waals surface area (Å²) in [5.74, 6) is 0. The summed E-state index contributed by atoms with van der Waals surface area (Å²) in [4.78, 5) is 7.48. The largest absolute Gasteiger partial charge is 0.378 e. The fraction of sp³-hybridized carbons (Fsp3) is 0.667. The molecule has 1 unspecified atom stereocenters. The SMILES string of the molecule is CN(C)c1ccc(C(CN2CCNCC2)N2CCCC2)cc1. The van der Waals surface area contributed by atoms with Gasteiger partial charge in [-0.15, -0.1) is 0 Å². The molecule has 0 saturated carbocycles. The average Bonchev–Trinajstić information content (AvgIpc) is 3.08. The van der Waals surface area contributed by atoms with Crippen LogP contribution in [0.3, 0.4) is 0 Å². The maximum atomic E-state index is 3.46. The Morgan fingerprint density at radius 2 is 1.64 bits per heavy atom. The number of rotatable bonds is 5. The monoisotopic (exact) mass is 302 g/mol. The van der Waals surface area contributed by atoms with Crippen LogP contribution in [-0.4, -0.2) is 69.7 Å². The molecule has 2 heterocycles. The van der Waals surface area contributed by atoms with Gasteiger partial charge in [0.15, 0.2) is 0 Å². The standard InChI is InChI=1S/C18H30N4/c1-20(2)17-7-5-16(6-8-17)18(22-11-3-4-12-22)15-21-13-9-19-10-14-21/h5-8,18-19H,3-4,9-15H2,1-2H3. The van der Waals surface area contributed by atoms with Crippen molar-refractivity contribution in [3.8, 4) is 0 Å². The minimum atomic E-state index is 0.553. The molecule has 2 saturated heterocycles. The van der Waals surface area contributed by atoms with Crippen LogP contribution in [0.5, 0.6) is 0 Å². The lowest BCUT2D eigenvalue weighted by Gasteiger charge is -2.35. The minimum absolute atomic E-state index is 0.553. The summed E-state index contributed by atoms with van der Waals surface area (Å²) in [6.07, 6.45) is 2.71. The molecule has 4 heteroatoms. The first-order valence-corrected chi connectivity index (χ1v) is 8.68. The molecule has 0 bridgehead atoms. The number of hydrogen-bond acceptors (Lipinski definition) is 4. The summed E-state index contributed by atoms with van der Waals surface area (Å²) in [5, 5.41) is 3.46.